The molecule has 130 valence electrons. The summed E-state index contributed by atoms with van der Waals surface area (Å²) in [6, 6.07) is 13.3. The number of hydrogen-bond donors (Lipinski definition) is 0. The monoisotopic (exact) mass is 410 g/mol. The average molecular weight is 411 g/mol. The molecular formula is C19H15BrN4O2. The van der Waals surface area contributed by atoms with Crippen LogP contribution in [0.5, 0.6) is 0 Å². The molecule has 0 N–H and O–H groups in total. The number of fused-ring (bicyclic) bond motifs is 1. The van der Waals surface area contributed by atoms with E-state index < -0.39 is 0 Å². The summed E-state index contributed by atoms with van der Waals surface area (Å²) in [4.78, 5) is 21.1. The molecule has 0 bridgehead atoms. The van der Waals surface area contributed by atoms with E-state index in [1.54, 1.807) is 12.1 Å². The van der Waals surface area contributed by atoms with Crippen molar-refractivity contribution < 1.29 is 9.21 Å². The molecule has 1 saturated heterocycles. The Labute approximate surface area is 158 Å². The summed E-state index contributed by atoms with van der Waals surface area (Å²) in [5.41, 5.74) is 3.35. The molecule has 0 saturated carbocycles. The van der Waals surface area contributed by atoms with Gasteiger partial charge in [0.1, 0.15) is 5.52 Å². The van der Waals surface area contributed by atoms with E-state index in [0.717, 1.165) is 10.2 Å². The molecule has 3 aromatic rings. The van der Waals surface area contributed by atoms with Crippen LogP contribution < -0.4 is 4.90 Å². The second kappa shape index (κ2) is 6.81. The average Bonchev–Trinajstić information content (AvgIpc) is 3.15. The van der Waals surface area contributed by atoms with Gasteiger partial charge in [0.2, 0.25) is 0 Å². The fraction of sp³-hybridized carbons (Fsp3) is 0.211. The van der Waals surface area contributed by atoms with E-state index in [2.05, 4.69) is 31.9 Å². The van der Waals surface area contributed by atoms with Gasteiger partial charge in [0, 0.05) is 36.3 Å². The van der Waals surface area contributed by atoms with Crippen molar-refractivity contribution in [3.8, 4) is 6.07 Å². The minimum atomic E-state index is -0.0570. The molecule has 26 heavy (non-hydrogen) atoms. The highest BCUT2D eigenvalue weighted by molar-refractivity contribution is 9.10. The summed E-state index contributed by atoms with van der Waals surface area (Å²) in [7, 11) is 0. The molecule has 1 fully saturated rings. The molecule has 2 heterocycles. The highest BCUT2D eigenvalue weighted by Crippen LogP contribution is 2.25. The molecule has 0 unspecified atom stereocenters. The van der Waals surface area contributed by atoms with Crippen molar-refractivity contribution in [2.45, 2.75) is 0 Å². The number of piperazine rings is 1. The molecule has 6 nitrogen and oxygen atoms in total. The number of anilines is 1. The molecule has 0 aliphatic carbocycles. The Balaban J connectivity index is 1.51. The number of aromatic nitrogens is 1. The smallest absolute Gasteiger partial charge is 0.257 e. The predicted octanol–water partition coefficient (Wildman–Crippen LogP) is 3.42. The number of amides is 1. The first-order valence-corrected chi connectivity index (χ1v) is 9.02. The molecule has 1 aliphatic heterocycles. The van der Waals surface area contributed by atoms with E-state index in [4.69, 9.17) is 9.68 Å². The molecule has 1 aliphatic rings. The van der Waals surface area contributed by atoms with Crippen molar-refractivity contribution >= 4 is 38.6 Å². The topological polar surface area (TPSA) is 73.4 Å². The molecule has 0 radical (unpaired) electrons. The third-order valence-corrected chi connectivity index (χ3v) is 4.99. The Bertz CT molecular complexity index is 1020. The number of nitriles is 1. The molecule has 1 aromatic heterocycles. The van der Waals surface area contributed by atoms with Crippen molar-refractivity contribution in [3.63, 3.8) is 0 Å². The van der Waals surface area contributed by atoms with Gasteiger partial charge < -0.3 is 14.2 Å². The minimum absolute atomic E-state index is 0.0570. The third-order valence-electron chi connectivity index (χ3n) is 4.53. The summed E-state index contributed by atoms with van der Waals surface area (Å²) >= 11 is 3.43. The first kappa shape index (κ1) is 16.6. The number of carbonyl (C=O) groups excluding carboxylic acids is 1. The van der Waals surface area contributed by atoms with E-state index in [1.165, 1.54) is 6.39 Å². The fourth-order valence-corrected chi connectivity index (χ4v) is 3.65. The van der Waals surface area contributed by atoms with Gasteiger partial charge in [0.05, 0.1) is 17.2 Å². The van der Waals surface area contributed by atoms with Gasteiger partial charge in [-0.25, -0.2) is 4.98 Å². The van der Waals surface area contributed by atoms with Crippen molar-refractivity contribution in [1.82, 2.24) is 9.88 Å². The predicted molar refractivity (Wildman–Crippen MR) is 101 cm³/mol. The van der Waals surface area contributed by atoms with E-state index in [1.807, 2.05) is 29.2 Å². The van der Waals surface area contributed by atoms with Crippen LogP contribution in [-0.4, -0.2) is 42.0 Å². The van der Waals surface area contributed by atoms with Crippen LogP contribution in [0.4, 0.5) is 5.69 Å². The van der Waals surface area contributed by atoms with Gasteiger partial charge in [-0.15, -0.1) is 0 Å². The lowest BCUT2D eigenvalue weighted by Gasteiger charge is -2.36. The van der Waals surface area contributed by atoms with Crippen LogP contribution in [-0.2, 0) is 0 Å². The maximum atomic E-state index is 13.0. The van der Waals surface area contributed by atoms with Crippen LogP contribution in [0.15, 0.2) is 51.7 Å². The maximum absolute atomic E-state index is 13.0. The van der Waals surface area contributed by atoms with Gasteiger partial charge in [-0.2, -0.15) is 5.26 Å². The summed E-state index contributed by atoms with van der Waals surface area (Å²) < 4.78 is 6.21. The molecular weight excluding hydrogens is 396 g/mol. The van der Waals surface area contributed by atoms with Crippen LogP contribution >= 0.6 is 15.9 Å². The second-order valence-corrected chi connectivity index (χ2v) is 7.01. The molecule has 2 aromatic carbocycles. The number of carbonyl (C=O) groups is 1. The molecule has 0 spiro atoms. The molecule has 4 rings (SSSR count). The number of hydrogen-bond acceptors (Lipinski definition) is 5. The first-order valence-electron chi connectivity index (χ1n) is 8.23. The van der Waals surface area contributed by atoms with Crippen molar-refractivity contribution in [3.05, 3.63) is 58.4 Å². The maximum Gasteiger partial charge on any atom is 0.257 e. The molecule has 1 amide bonds. The van der Waals surface area contributed by atoms with Crippen LogP contribution in [0, 0.1) is 11.3 Å². The number of benzene rings is 2. The van der Waals surface area contributed by atoms with E-state index in [-0.39, 0.29) is 5.91 Å². The summed E-state index contributed by atoms with van der Waals surface area (Å²) in [6.07, 6.45) is 1.36. The van der Waals surface area contributed by atoms with Crippen LogP contribution in [0.3, 0.4) is 0 Å². The van der Waals surface area contributed by atoms with Gasteiger partial charge in [0.15, 0.2) is 12.0 Å². The van der Waals surface area contributed by atoms with E-state index in [0.29, 0.717) is 48.4 Å². The van der Waals surface area contributed by atoms with Gasteiger partial charge in [-0.05, 0) is 30.3 Å². The summed E-state index contributed by atoms with van der Waals surface area (Å²) in [5.74, 6) is -0.0570. The van der Waals surface area contributed by atoms with Crippen LogP contribution in [0.2, 0.25) is 0 Å². The Morgan fingerprint density at radius 2 is 2.00 bits per heavy atom. The van der Waals surface area contributed by atoms with Gasteiger partial charge in [-0.1, -0.05) is 22.0 Å². The van der Waals surface area contributed by atoms with Crippen molar-refractivity contribution in [2.75, 3.05) is 31.1 Å². The zero-order chi connectivity index (χ0) is 18.1. The Kier molecular flexibility index (Phi) is 4.35. The Morgan fingerprint density at radius 1 is 1.19 bits per heavy atom. The van der Waals surface area contributed by atoms with Crippen molar-refractivity contribution in [2.24, 2.45) is 0 Å². The highest BCUT2D eigenvalue weighted by Gasteiger charge is 2.25. The quantitative estimate of drug-likeness (QED) is 0.646. The Hall–Kier alpha value is -2.85. The molecule has 7 heteroatoms. The van der Waals surface area contributed by atoms with Crippen molar-refractivity contribution in [1.29, 1.82) is 5.26 Å². The van der Waals surface area contributed by atoms with E-state index in [9.17, 15) is 4.79 Å². The summed E-state index contributed by atoms with van der Waals surface area (Å²) in [5, 5.41) is 9.05. The third kappa shape index (κ3) is 3.04. The number of oxazole rings is 1. The van der Waals surface area contributed by atoms with Gasteiger partial charge in [-0.3, -0.25) is 4.79 Å². The number of nitrogens with zero attached hydrogens (tertiary/aromatic N) is 4. The SMILES string of the molecule is N#Cc1cccc(N2CCN(C(=O)c3cc(Br)cc4ncoc34)CC2)c1. The Morgan fingerprint density at radius 3 is 2.77 bits per heavy atom. The number of halogens is 1. The first-order chi connectivity index (χ1) is 12.7. The summed E-state index contributed by atoms with van der Waals surface area (Å²) in [6.45, 7) is 2.65. The van der Waals surface area contributed by atoms with Crippen LogP contribution in [0.25, 0.3) is 11.1 Å². The standard InChI is InChI=1S/C19H15BrN4O2/c20-14-9-16(18-17(10-14)22-12-26-18)19(25)24-6-4-23(5-7-24)15-3-1-2-13(8-15)11-21/h1-3,8-10,12H,4-7H2. The van der Waals surface area contributed by atoms with E-state index >= 15 is 0 Å². The lowest BCUT2D eigenvalue weighted by Crippen LogP contribution is -2.48. The second-order valence-electron chi connectivity index (χ2n) is 6.10. The fourth-order valence-electron chi connectivity index (χ4n) is 3.20. The zero-order valence-electron chi connectivity index (χ0n) is 13.9. The molecule has 0 atom stereocenters. The minimum Gasteiger partial charge on any atom is -0.443 e. The highest BCUT2D eigenvalue weighted by atomic mass is 79.9. The normalized spacial score (nSPS) is 14.5. The largest absolute Gasteiger partial charge is 0.443 e. The lowest BCUT2D eigenvalue weighted by molar-refractivity contribution is 0.0747. The van der Waals surface area contributed by atoms with Gasteiger partial charge >= 0.3 is 0 Å². The zero-order valence-corrected chi connectivity index (χ0v) is 15.4. The van der Waals surface area contributed by atoms with Gasteiger partial charge in [0.25, 0.3) is 5.91 Å². The lowest BCUT2D eigenvalue weighted by atomic mass is 10.1. The number of rotatable bonds is 2. The van der Waals surface area contributed by atoms with Crippen LogP contribution in [0.1, 0.15) is 15.9 Å².